The highest BCUT2D eigenvalue weighted by Gasteiger charge is 2.14. The highest BCUT2D eigenvalue weighted by atomic mass is 32.1. The van der Waals surface area contributed by atoms with Crippen LogP contribution < -0.4 is 10.2 Å². The van der Waals surface area contributed by atoms with Crippen molar-refractivity contribution in [2.45, 2.75) is 0 Å². The van der Waals surface area contributed by atoms with E-state index in [1.165, 1.54) is 31.3 Å². The third-order valence-electron chi connectivity index (χ3n) is 7.00. The third kappa shape index (κ3) is 4.65. The standard InChI is InChI=1S/C36H26N2S/c1-4-11-26(12-5-1)27-13-10-14-28(23-27)37-29-19-21-33-34-22-20-32(25-36(34)39-35(33)24-29)38(30-15-6-2-7-16-30)31-17-8-3-9-18-31/h1-25,37H. The summed E-state index contributed by atoms with van der Waals surface area (Å²) < 4.78 is 2.56. The van der Waals surface area contributed by atoms with E-state index in [1.807, 2.05) is 11.3 Å². The first-order valence-corrected chi connectivity index (χ1v) is 13.9. The van der Waals surface area contributed by atoms with Crippen LogP contribution in [0.4, 0.5) is 28.4 Å². The number of para-hydroxylation sites is 2. The summed E-state index contributed by atoms with van der Waals surface area (Å²) in [6.07, 6.45) is 0. The van der Waals surface area contributed by atoms with Crippen molar-refractivity contribution in [3.05, 3.63) is 152 Å². The van der Waals surface area contributed by atoms with Crippen LogP contribution >= 0.6 is 11.3 Å². The summed E-state index contributed by atoms with van der Waals surface area (Å²) in [5.74, 6) is 0. The number of nitrogens with one attached hydrogen (secondary N) is 1. The van der Waals surface area contributed by atoms with Crippen LogP contribution in [0.15, 0.2) is 152 Å². The van der Waals surface area contributed by atoms with E-state index in [-0.39, 0.29) is 0 Å². The Labute approximate surface area is 232 Å². The minimum Gasteiger partial charge on any atom is -0.355 e. The maximum Gasteiger partial charge on any atom is 0.0476 e. The minimum atomic E-state index is 1.08. The van der Waals surface area contributed by atoms with Gasteiger partial charge in [-0.15, -0.1) is 11.3 Å². The van der Waals surface area contributed by atoms with Crippen LogP contribution in [0.25, 0.3) is 31.3 Å². The van der Waals surface area contributed by atoms with Crippen LogP contribution in [0.1, 0.15) is 0 Å². The topological polar surface area (TPSA) is 15.3 Å². The molecule has 0 spiro atoms. The van der Waals surface area contributed by atoms with Gasteiger partial charge in [-0.25, -0.2) is 0 Å². The van der Waals surface area contributed by atoms with E-state index in [2.05, 4.69) is 162 Å². The van der Waals surface area contributed by atoms with Gasteiger partial charge in [0.2, 0.25) is 0 Å². The molecule has 6 aromatic carbocycles. The predicted octanol–water partition coefficient (Wildman–Crippen LogP) is 10.9. The molecule has 0 aliphatic carbocycles. The highest BCUT2D eigenvalue weighted by molar-refractivity contribution is 7.25. The average Bonchev–Trinajstić information content (AvgIpc) is 3.36. The molecule has 0 aliphatic rings. The van der Waals surface area contributed by atoms with Crippen molar-refractivity contribution in [1.82, 2.24) is 0 Å². The quantitative estimate of drug-likeness (QED) is 0.235. The van der Waals surface area contributed by atoms with Gasteiger partial charge in [0.1, 0.15) is 0 Å². The van der Waals surface area contributed by atoms with Gasteiger partial charge in [0.15, 0.2) is 0 Å². The largest absolute Gasteiger partial charge is 0.355 e. The van der Waals surface area contributed by atoms with Gasteiger partial charge >= 0.3 is 0 Å². The van der Waals surface area contributed by atoms with Crippen LogP contribution in [0.3, 0.4) is 0 Å². The summed E-state index contributed by atoms with van der Waals surface area (Å²) in [5, 5.41) is 6.20. The fraction of sp³-hybridized carbons (Fsp3) is 0. The summed E-state index contributed by atoms with van der Waals surface area (Å²) >= 11 is 1.84. The normalized spacial score (nSPS) is 11.1. The van der Waals surface area contributed by atoms with Crippen molar-refractivity contribution in [1.29, 1.82) is 0 Å². The fourth-order valence-electron chi connectivity index (χ4n) is 5.16. The van der Waals surface area contributed by atoms with Gasteiger partial charge in [0.25, 0.3) is 0 Å². The molecule has 3 heteroatoms. The zero-order valence-electron chi connectivity index (χ0n) is 21.3. The predicted molar refractivity (Wildman–Crippen MR) is 169 cm³/mol. The lowest BCUT2D eigenvalue weighted by molar-refractivity contribution is 1.29. The molecule has 0 unspecified atom stereocenters. The maximum atomic E-state index is 3.62. The molecule has 186 valence electrons. The SMILES string of the molecule is c1ccc(-c2cccc(Nc3ccc4c(c3)sc3cc(N(c5ccccc5)c5ccccc5)ccc34)c2)cc1. The molecule has 0 saturated carbocycles. The van der Waals surface area contributed by atoms with E-state index in [0.717, 1.165) is 28.4 Å². The van der Waals surface area contributed by atoms with Crippen LogP contribution in [-0.4, -0.2) is 0 Å². The molecule has 7 rings (SSSR count). The summed E-state index contributed by atoms with van der Waals surface area (Å²) in [4.78, 5) is 2.32. The monoisotopic (exact) mass is 518 g/mol. The van der Waals surface area contributed by atoms with E-state index in [1.54, 1.807) is 0 Å². The van der Waals surface area contributed by atoms with E-state index in [0.29, 0.717) is 0 Å². The first-order chi connectivity index (χ1) is 19.3. The third-order valence-corrected chi connectivity index (χ3v) is 8.12. The molecular formula is C36H26N2S. The van der Waals surface area contributed by atoms with Gasteiger partial charge < -0.3 is 10.2 Å². The summed E-state index contributed by atoms with van der Waals surface area (Å²) in [6, 6.07) is 53.7. The number of nitrogens with zero attached hydrogens (tertiary/aromatic N) is 1. The molecule has 0 aliphatic heterocycles. The average molecular weight is 519 g/mol. The Bertz CT molecular complexity index is 1840. The van der Waals surface area contributed by atoms with Crippen LogP contribution in [-0.2, 0) is 0 Å². The molecule has 1 N–H and O–H groups in total. The van der Waals surface area contributed by atoms with Gasteiger partial charge in [-0.05, 0) is 71.8 Å². The lowest BCUT2D eigenvalue weighted by Gasteiger charge is -2.25. The Morgan fingerprint density at radius 1 is 0.410 bits per heavy atom. The number of fused-ring (bicyclic) bond motifs is 3. The van der Waals surface area contributed by atoms with Gasteiger partial charge in [0.05, 0.1) is 0 Å². The molecule has 0 radical (unpaired) electrons. The second kappa shape index (κ2) is 10.1. The van der Waals surface area contributed by atoms with E-state index in [9.17, 15) is 0 Å². The van der Waals surface area contributed by atoms with Gasteiger partial charge in [-0.2, -0.15) is 0 Å². The smallest absolute Gasteiger partial charge is 0.0476 e. The lowest BCUT2D eigenvalue weighted by Crippen LogP contribution is -2.09. The van der Waals surface area contributed by atoms with Crippen molar-refractivity contribution >= 4 is 59.9 Å². The van der Waals surface area contributed by atoms with Crippen LogP contribution in [0.5, 0.6) is 0 Å². The van der Waals surface area contributed by atoms with Crippen molar-refractivity contribution in [2.24, 2.45) is 0 Å². The lowest BCUT2D eigenvalue weighted by atomic mass is 10.1. The zero-order chi connectivity index (χ0) is 26.0. The second-order valence-corrected chi connectivity index (χ2v) is 10.7. The Balaban J connectivity index is 1.24. The minimum absolute atomic E-state index is 1.08. The molecule has 39 heavy (non-hydrogen) atoms. The second-order valence-electron chi connectivity index (χ2n) is 9.57. The summed E-state index contributed by atoms with van der Waals surface area (Å²) in [7, 11) is 0. The molecule has 0 fully saturated rings. The molecular weight excluding hydrogens is 492 g/mol. The number of benzene rings is 6. The van der Waals surface area contributed by atoms with Gasteiger partial charge in [0, 0.05) is 48.6 Å². The number of rotatable bonds is 6. The fourth-order valence-corrected chi connectivity index (χ4v) is 6.34. The van der Waals surface area contributed by atoms with Crippen molar-refractivity contribution in [3.8, 4) is 11.1 Å². The highest BCUT2D eigenvalue weighted by Crippen LogP contribution is 2.41. The Morgan fingerprint density at radius 3 is 1.67 bits per heavy atom. The van der Waals surface area contributed by atoms with Gasteiger partial charge in [-0.3, -0.25) is 0 Å². The molecule has 0 amide bonds. The Hall–Kier alpha value is -4.86. The van der Waals surface area contributed by atoms with Crippen LogP contribution in [0, 0.1) is 0 Å². The molecule has 0 bridgehead atoms. The number of thiophene rings is 1. The van der Waals surface area contributed by atoms with E-state index in [4.69, 9.17) is 0 Å². The van der Waals surface area contributed by atoms with Gasteiger partial charge in [-0.1, -0.05) is 91.0 Å². The van der Waals surface area contributed by atoms with E-state index >= 15 is 0 Å². The first kappa shape index (κ1) is 23.3. The number of hydrogen-bond donors (Lipinski definition) is 1. The Kier molecular flexibility index (Phi) is 6.04. The van der Waals surface area contributed by atoms with E-state index < -0.39 is 0 Å². The molecule has 0 saturated heterocycles. The Morgan fingerprint density at radius 2 is 0.974 bits per heavy atom. The maximum absolute atomic E-state index is 3.62. The zero-order valence-corrected chi connectivity index (χ0v) is 22.1. The van der Waals surface area contributed by atoms with Crippen LogP contribution in [0.2, 0.25) is 0 Å². The first-order valence-electron chi connectivity index (χ1n) is 13.1. The number of anilines is 5. The van der Waals surface area contributed by atoms with Crippen molar-refractivity contribution in [2.75, 3.05) is 10.2 Å². The molecule has 2 nitrogen and oxygen atoms in total. The number of hydrogen-bond acceptors (Lipinski definition) is 3. The molecule has 0 atom stereocenters. The van der Waals surface area contributed by atoms with Crippen molar-refractivity contribution < 1.29 is 0 Å². The molecule has 7 aromatic rings. The summed E-state index contributed by atoms with van der Waals surface area (Å²) in [5.41, 5.74) is 8.05. The van der Waals surface area contributed by atoms with Crippen molar-refractivity contribution in [3.63, 3.8) is 0 Å². The summed E-state index contributed by atoms with van der Waals surface area (Å²) in [6.45, 7) is 0. The molecule has 1 aromatic heterocycles. The molecule has 1 heterocycles.